The van der Waals surface area contributed by atoms with Crippen LogP contribution in [0.2, 0.25) is 0 Å². The molecule has 0 bridgehead atoms. The van der Waals surface area contributed by atoms with Crippen LogP contribution in [0.1, 0.15) is 31.9 Å². The van der Waals surface area contributed by atoms with Crippen LogP contribution >= 0.6 is 0 Å². The molecule has 0 N–H and O–H groups in total. The number of ketones is 1. The number of carbonyl (C=O) groups is 1. The minimum absolute atomic E-state index is 0.0658. The quantitative estimate of drug-likeness (QED) is 0.742. The Bertz CT molecular complexity index is 585. The smallest absolute Gasteiger partial charge is 0.138 e. The van der Waals surface area contributed by atoms with Gasteiger partial charge in [0.15, 0.2) is 0 Å². The van der Waals surface area contributed by atoms with Gasteiger partial charge in [-0.25, -0.2) is 0 Å². The summed E-state index contributed by atoms with van der Waals surface area (Å²) in [5.41, 5.74) is 2.33. The maximum absolute atomic E-state index is 11.9. The van der Waals surface area contributed by atoms with Crippen molar-refractivity contribution in [2.45, 2.75) is 33.8 Å². The molecule has 1 unspecified atom stereocenters. The fourth-order valence-electron chi connectivity index (χ4n) is 2.49. The van der Waals surface area contributed by atoms with Crippen molar-refractivity contribution in [1.82, 2.24) is 0 Å². The van der Waals surface area contributed by atoms with Crippen LogP contribution in [0.3, 0.4) is 0 Å². The average Bonchev–Trinajstić information content (AvgIpc) is 2.54. The van der Waals surface area contributed by atoms with E-state index in [9.17, 15) is 4.79 Å². The molecule has 2 aromatic carbocycles. The average molecular weight is 296 g/mol. The van der Waals surface area contributed by atoms with Gasteiger partial charge in [-0.15, -0.1) is 0 Å². The van der Waals surface area contributed by atoms with Crippen molar-refractivity contribution in [3.63, 3.8) is 0 Å². The number of Topliss-reactive ketones (excluding diaryl/α,β-unsaturated/α-hetero) is 1. The predicted octanol–water partition coefficient (Wildman–Crippen LogP) is 4.67. The van der Waals surface area contributed by atoms with E-state index in [0.29, 0.717) is 12.4 Å². The van der Waals surface area contributed by atoms with E-state index in [1.807, 2.05) is 75.4 Å². The fraction of sp³-hybridized carbons (Fsp3) is 0.350. The molecule has 2 nitrogen and oxygen atoms in total. The van der Waals surface area contributed by atoms with Crippen molar-refractivity contribution in [3.8, 4) is 5.75 Å². The van der Waals surface area contributed by atoms with Gasteiger partial charge in [-0.05, 0) is 29.7 Å². The highest BCUT2D eigenvalue weighted by atomic mass is 16.5. The molecule has 116 valence electrons. The largest absolute Gasteiger partial charge is 0.489 e. The summed E-state index contributed by atoms with van der Waals surface area (Å²) in [5.74, 6) is 1.35. The zero-order valence-electron chi connectivity index (χ0n) is 13.6. The second-order valence-electron chi connectivity index (χ2n) is 6.08. The van der Waals surface area contributed by atoms with Gasteiger partial charge < -0.3 is 4.74 Å². The summed E-state index contributed by atoms with van der Waals surface area (Å²) in [5, 5.41) is 0. The normalized spacial score (nSPS) is 12.2. The first-order chi connectivity index (χ1) is 10.6. The Balaban J connectivity index is 1.89. The Morgan fingerprint density at radius 3 is 2.14 bits per heavy atom. The number of rotatable bonds is 7. The molecule has 0 spiro atoms. The predicted molar refractivity (Wildman–Crippen MR) is 89.9 cm³/mol. The summed E-state index contributed by atoms with van der Waals surface area (Å²) in [6.07, 6.45) is 0.788. The molecule has 0 saturated heterocycles. The molecule has 22 heavy (non-hydrogen) atoms. The number of benzene rings is 2. The van der Waals surface area contributed by atoms with Crippen LogP contribution in [0, 0.1) is 11.8 Å². The van der Waals surface area contributed by atoms with E-state index < -0.39 is 0 Å². The summed E-state index contributed by atoms with van der Waals surface area (Å²) in [7, 11) is 0. The lowest BCUT2D eigenvalue weighted by Gasteiger charge is -2.13. The molecule has 0 aromatic heterocycles. The zero-order valence-corrected chi connectivity index (χ0v) is 13.6. The molecular weight excluding hydrogens is 272 g/mol. The fourth-order valence-corrected chi connectivity index (χ4v) is 2.49. The maximum Gasteiger partial charge on any atom is 0.138 e. The lowest BCUT2D eigenvalue weighted by molar-refractivity contribution is -0.125. The minimum Gasteiger partial charge on any atom is -0.489 e. The third-order valence-electron chi connectivity index (χ3n) is 3.77. The van der Waals surface area contributed by atoms with Gasteiger partial charge in [-0.2, -0.15) is 0 Å². The lowest BCUT2D eigenvalue weighted by atomic mass is 9.91. The summed E-state index contributed by atoms with van der Waals surface area (Å²) in [6.45, 7) is 6.49. The van der Waals surface area contributed by atoms with Crippen LogP contribution in [0.4, 0.5) is 0 Å². The Hall–Kier alpha value is -2.09. The lowest BCUT2D eigenvalue weighted by Crippen LogP contribution is -2.18. The van der Waals surface area contributed by atoms with Crippen molar-refractivity contribution < 1.29 is 9.53 Å². The zero-order chi connectivity index (χ0) is 15.9. The summed E-state index contributed by atoms with van der Waals surface area (Å²) >= 11 is 0. The topological polar surface area (TPSA) is 26.3 Å². The molecule has 0 aliphatic carbocycles. The Labute approximate surface area is 133 Å². The van der Waals surface area contributed by atoms with Gasteiger partial charge in [0.05, 0.1) is 0 Å². The molecule has 0 saturated carbocycles. The third kappa shape index (κ3) is 4.73. The number of carbonyl (C=O) groups excluding carboxylic acids is 1. The van der Waals surface area contributed by atoms with Gasteiger partial charge in [0.1, 0.15) is 18.1 Å². The van der Waals surface area contributed by atoms with E-state index in [0.717, 1.165) is 17.7 Å². The van der Waals surface area contributed by atoms with Gasteiger partial charge in [0.25, 0.3) is 0 Å². The monoisotopic (exact) mass is 296 g/mol. The van der Waals surface area contributed by atoms with Gasteiger partial charge in [0.2, 0.25) is 0 Å². The van der Waals surface area contributed by atoms with Gasteiger partial charge in [-0.3, -0.25) is 4.79 Å². The molecule has 0 aliphatic rings. The minimum atomic E-state index is 0.0658. The molecule has 1 atom stereocenters. The maximum atomic E-state index is 11.9. The summed E-state index contributed by atoms with van der Waals surface area (Å²) in [4.78, 5) is 11.9. The van der Waals surface area contributed by atoms with Crippen LogP contribution in [0.25, 0.3) is 0 Å². The second-order valence-corrected chi connectivity index (χ2v) is 6.08. The van der Waals surface area contributed by atoms with Crippen molar-refractivity contribution >= 4 is 5.78 Å². The molecule has 0 aliphatic heterocycles. The van der Waals surface area contributed by atoms with Crippen LogP contribution in [-0.2, 0) is 17.8 Å². The van der Waals surface area contributed by atoms with Crippen LogP contribution in [-0.4, -0.2) is 5.78 Å². The summed E-state index contributed by atoms with van der Waals surface area (Å²) < 4.78 is 5.77. The SMILES string of the molecule is CC(C)C(=O)C(C)Cc1ccc(OCc2ccccc2)cc1. The van der Waals surface area contributed by atoms with E-state index >= 15 is 0 Å². The molecule has 0 fully saturated rings. The van der Waals surface area contributed by atoms with Crippen molar-refractivity contribution in [2.75, 3.05) is 0 Å². The first-order valence-electron chi connectivity index (χ1n) is 7.85. The van der Waals surface area contributed by atoms with Gasteiger partial charge in [-0.1, -0.05) is 63.2 Å². The summed E-state index contributed by atoms with van der Waals surface area (Å²) in [6, 6.07) is 18.2. The molecule has 0 heterocycles. The highest BCUT2D eigenvalue weighted by Gasteiger charge is 2.16. The second kappa shape index (κ2) is 7.79. The first kappa shape index (κ1) is 16.3. The standard InChI is InChI=1S/C20H24O2/c1-15(2)20(21)16(3)13-17-9-11-19(12-10-17)22-14-18-7-5-4-6-8-18/h4-12,15-16H,13-14H2,1-3H3. The van der Waals surface area contributed by atoms with E-state index in [2.05, 4.69) is 0 Å². The molecule has 2 rings (SSSR count). The Kier molecular flexibility index (Phi) is 5.76. The molecule has 2 heteroatoms. The van der Waals surface area contributed by atoms with Crippen LogP contribution in [0.5, 0.6) is 5.75 Å². The highest BCUT2D eigenvalue weighted by Crippen LogP contribution is 2.18. The van der Waals surface area contributed by atoms with Crippen LogP contribution in [0.15, 0.2) is 54.6 Å². The number of ether oxygens (including phenoxy) is 1. The van der Waals surface area contributed by atoms with E-state index in [1.54, 1.807) is 0 Å². The van der Waals surface area contributed by atoms with E-state index in [4.69, 9.17) is 4.74 Å². The van der Waals surface area contributed by atoms with Crippen molar-refractivity contribution in [2.24, 2.45) is 11.8 Å². The molecule has 0 amide bonds. The van der Waals surface area contributed by atoms with Crippen molar-refractivity contribution in [3.05, 3.63) is 65.7 Å². The molecular formula is C20H24O2. The Morgan fingerprint density at radius 2 is 1.55 bits per heavy atom. The number of hydrogen-bond donors (Lipinski definition) is 0. The molecule has 2 aromatic rings. The first-order valence-corrected chi connectivity index (χ1v) is 7.85. The number of hydrogen-bond acceptors (Lipinski definition) is 2. The van der Waals surface area contributed by atoms with E-state index in [1.165, 1.54) is 5.56 Å². The van der Waals surface area contributed by atoms with Gasteiger partial charge in [0, 0.05) is 11.8 Å². The van der Waals surface area contributed by atoms with Crippen molar-refractivity contribution in [1.29, 1.82) is 0 Å². The van der Waals surface area contributed by atoms with E-state index in [-0.39, 0.29) is 11.8 Å². The van der Waals surface area contributed by atoms with Gasteiger partial charge >= 0.3 is 0 Å². The van der Waals surface area contributed by atoms with Crippen LogP contribution < -0.4 is 4.74 Å². The highest BCUT2D eigenvalue weighted by molar-refractivity contribution is 5.82. The Morgan fingerprint density at radius 1 is 0.909 bits per heavy atom. The molecule has 0 radical (unpaired) electrons. The third-order valence-corrected chi connectivity index (χ3v) is 3.77.